The van der Waals surface area contributed by atoms with E-state index in [-0.39, 0.29) is 12.1 Å². The first-order valence-electron chi connectivity index (χ1n) is 8.21. The Hall–Kier alpha value is -2.09. The van der Waals surface area contributed by atoms with Crippen molar-refractivity contribution in [3.05, 3.63) is 84.3 Å². The molecule has 3 nitrogen and oxygen atoms in total. The summed E-state index contributed by atoms with van der Waals surface area (Å²) in [6, 6.07) is 19.6. The van der Waals surface area contributed by atoms with Crippen molar-refractivity contribution in [2.75, 3.05) is 0 Å². The van der Waals surface area contributed by atoms with Crippen LogP contribution >= 0.6 is 7.14 Å². The minimum atomic E-state index is -2.86. The van der Waals surface area contributed by atoms with Crippen LogP contribution in [0.1, 0.15) is 13.3 Å². The van der Waals surface area contributed by atoms with E-state index < -0.39 is 7.14 Å². The minimum Gasteiger partial charge on any atom is -0.309 e. The Morgan fingerprint density at radius 2 is 1.62 bits per heavy atom. The van der Waals surface area contributed by atoms with E-state index in [1.807, 2.05) is 78.5 Å². The van der Waals surface area contributed by atoms with Crippen LogP contribution in [0.5, 0.6) is 0 Å². The Morgan fingerprint density at radius 1 is 1.04 bits per heavy atom. The lowest BCUT2D eigenvalue weighted by Gasteiger charge is -2.27. The van der Waals surface area contributed by atoms with Crippen LogP contribution in [0.3, 0.4) is 0 Å². The summed E-state index contributed by atoms with van der Waals surface area (Å²) in [5.41, 5.74) is 0.905. The Balaban J connectivity index is 1.78. The van der Waals surface area contributed by atoms with Gasteiger partial charge in [0.15, 0.2) is 7.14 Å². The Bertz CT molecular complexity index is 786. The maximum Gasteiger partial charge on any atom is 0.165 e. The molecule has 0 saturated carbocycles. The number of hydrogen-bond donors (Lipinski definition) is 0. The summed E-state index contributed by atoms with van der Waals surface area (Å²) in [6.07, 6.45) is 5.40. The second kappa shape index (κ2) is 6.08. The van der Waals surface area contributed by atoms with E-state index in [0.29, 0.717) is 0 Å². The molecule has 4 heteroatoms. The first-order valence-corrected chi connectivity index (χ1v) is 9.99. The topological polar surface area (TPSA) is 29.5 Å². The van der Waals surface area contributed by atoms with Crippen molar-refractivity contribution in [1.82, 2.24) is 5.06 Å². The molecule has 0 radical (unpaired) electrons. The molecule has 0 spiro atoms. The zero-order valence-electron chi connectivity index (χ0n) is 13.6. The Morgan fingerprint density at radius 3 is 2.08 bits per heavy atom. The van der Waals surface area contributed by atoms with Gasteiger partial charge in [0.25, 0.3) is 0 Å². The van der Waals surface area contributed by atoms with Crippen molar-refractivity contribution in [3.63, 3.8) is 0 Å². The second-order valence-corrected chi connectivity index (χ2v) is 8.86. The summed E-state index contributed by atoms with van der Waals surface area (Å²) in [7, 11) is -2.86. The molecule has 4 rings (SSSR count). The average Bonchev–Trinajstić information content (AvgIpc) is 3.26. The predicted molar refractivity (Wildman–Crippen MR) is 97.8 cm³/mol. The second-order valence-electron chi connectivity index (χ2n) is 6.26. The monoisotopic (exact) mass is 337 g/mol. The van der Waals surface area contributed by atoms with Gasteiger partial charge in [-0.15, -0.1) is 0 Å². The fraction of sp³-hybridized carbons (Fsp3) is 0.200. The lowest BCUT2D eigenvalue weighted by molar-refractivity contribution is -0.121. The van der Waals surface area contributed by atoms with Crippen LogP contribution in [0.4, 0.5) is 0 Å². The van der Waals surface area contributed by atoms with Crippen molar-refractivity contribution in [3.8, 4) is 0 Å². The molecule has 2 aromatic rings. The highest BCUT2D eigenvalue weighted by Crippen LogP contribution is 2.47. The first kappa shape index (κ1) is 15.4. The number of benzene rings is 2. The minimum absolute atomic E-state index is 0.159. The summed E-state index contributed by atoms with van der Waals surface area (Å²) in [6.45, 7) is 1.98. The molecule has 2 aliphatic rings. The average molecular weight is 337 g/mol. The molecule has 1 fully saturated rings. The van der Waals surface area contributed by atoms with Crippen molar-refractivity contribution in [1.29, 1.82) is 0 Å². The van der Waals surface area contributed by atoms with Crippen LogP contribution in [0.25, 0.3) is 0 Å². The normalized spacial score (nSPS) is 23.0. The molecule has 1 aliphatic heterocycles. The number of fused-ring (bicyclic) bond motifs is 2. The molecule has 0 N–H and O–H groups in total. The molecule has 1 aliphatic carbocycles. The highest BCUT2D eigenvalue weighted by molar-refractivity contribution is 7.81. The van der Waals surface area contributed by atoms with Crippen LogP contribution in [-0.4, -0.2) is 17.2 Å². The molecule has 122 valence electrons. The summed E-state index contributed by atoms with van der Waals surface area (Å²) in [5.74, 6) is 1.90. The summed E-state index contributed by atoms with van der Waals surface area (Å²) in [4.78, 5) is 5.90. The first-order chi connectivity index (χ1) is 11.7. The van der Waals surface area contributed by atoms with Crippen LogP contribution in [-0.2, 0) is 9.40 Å². The summed E-state index contributed by atoms with van der Waals surface area (Å²) >= 11 is 0. The van der Waals surface area contributed by atoms with E-state index in [1.54, 1.807) is 0 Å². The highest BCUT2D eigenvalue weighted by atomic mass is 31.2. The molecule has 24 heavy (non-hydrogen) atoms. The van der Waals surface area contributed by atoms with E-state index in [1.165, 1.54) is 0 Å². The van der Waals surface area contributed by atoms with Gasteiger partial charge in [0, 0.05) is 28.5 Å². The van der Waals surface area contributed by atoms with Crippen LogP contribution in [0, 0.1) is 0 Å². The number of hydrogen-bond acceptors (Lipinski definition) is 3. The summed E-state index contributed by atoms with van der Waals surface area (Å²) in [5, 5.41) is 3.59. The largest absolute Gasteiger partial charge is 0.309 e. The van der Waals surface area contributed by atoms with Crippen molar-refractivity contribution >= 4 is 17.8 Å². The number of rotatable bonds is 4. The van der Waals surface area contributed by atoms with Crippen molar-refractivity contribution < 1.29 is 9.40 Å². The fourth-order valence-corrected chi connectivity index (χ4v) is 5.85. The molecular formula is C20H20NO2P. The highest BCUT2D eigenvalue weighted by Gasteiger charge is 2.36. The molecule has 2 aromatic carbocycles. The molecule has 1 saturated heterocycles. The van der Waals surface area contributed by atoms with Crippen molar-refractivity contribution in [2.24, 2.45) is 0 Å². The zero-order valence-corrected chi connectivity index (χ0v) is 14.5. The van der Waals surface area contributed by atoms with Gasteiger partial charge in [0.2, 0.25) is 0 Å². The van der Waals surface area contributed by atoms with Crippen LogP contribution in [0.15, 0.2) is 84.3 Å². The van der Waals surface area contributed by atoms with Gasteiger partial charge in [-0.1, -0.05) is 72.8 Å². The molecule has 2 atom stereocenters. The smallest absolute Gasteiger partial charge is 0.165 e. The predicted octanol–water partition coefficient (Wildman–Crippen LogP) is 3.81. The van der Waals surface area contributed by atoms with Crippen LogP contribution in [0.2, 0.25) is 0 Å². The lowest BCUT2D eigenvalue weighted by Crippen LogP contribution is -2.27. The van der Waals surface area contributed by atoms with Gasteiger partial charge in [0.05, 0.1) is 6.04 Å². The molecule has 0 aromatic heterocycles. The molecule has 2 bridgehead atoms. The van der Waals surface area contributed by atoms with Crippen LogP contribution < -0.4 is 10.6 Å². The summed E-state index contributed by atoms with van der Waals surface area (Å²) < 4.78 is 14.0. The van der Waals surface area contributed by atoms with Gasteiger partial charge in [-0.3, -0.25) is 9.90 Å². The van der Waals surface area contributed by atoms with E-state index in [0.717, 1.165) is 22.7 Å². The van der Waals surface area contributed by atoms with Gasteiger partial charge in [0.1, 0.15) is 6.10 Å². The molecule has 0 amide bonds. The quantitative estimate of drug-likeness (QED) is 0.628. The maximum atomic E-state index is 14.0. The van der Waals surface area contributed by atoms with E-state index in [9.17, 15) is 4.57 Å². The molecular weight excluding hydrogens is 317 g/mol. The fourth-order valence-electron chi connectivity index (χ4n) is 3.39. The van der Waals surface area contributed by atoms with Gasteiger partial charge in [-0.2, -0.15) is 0 Å². The third-order valence-electron chi connectivity index (χ3n) is 4.57. The SMILES string of the molecule is C/C(=C\P(=O)(c1ccccc1)c1ccccc1)N1OC2C=CC1C2. The van der Waals surface area contributed by atoms with Gasteiger partial charge < -0.3 is 4.57 Å². The van der Waals surface area contributed by atoms with Gasteiger partial charge >= 0.3 is 0 Å². The van der Waals surface area contributed by atoms with Gasteiger partial charge in [-0.05, 0) is 6.92 Å². The van der Waals surface area contributed by atoms with E-state index >= 15 is 0 Å². The molecule has 2 unspecified atom stereocenters. The Labute approximate surface area is 142 Å². The van der Waals surface area contributed by atoms with E-state index in [2.05, 4.69) is 12.2 Å². The Kier molecular flexibility index (Phi) is 3.91. The lowest BCUT2D eigenvalue weighted by atomic mass is 10.2. The number of nitrogens with zero attached hydrogens (tertiary/aromatic N) is 1. The molecule has 1 heterocycles. The van der Waals surface area contributed by atoms with Gasteiger partial charge in [-0.25, -0.2) is 0 Å². The number of hydroxylamine groups is 2. The maximum absolute atomic E-state index is 14.0. The third kappa shape index (κ3) is 2.64. The third-order valence-corrected chi connectivity index (χ3v) is 7.44. The zero-order chi connectivity index (χ0) is 16.6. The standard InChI is InChI=1S/C20H20NO2P/c1-16(21-17-12-13-18(14-17)23-21)15-24(22,19-8-4-2-5-9-19)20-10-6-3-7-11-20/h2-13,15,17-18H,14H2,1H3/b16-15+. The van der Waals surface area contributed by atoms with E-state index in [4.69, 9.17) is 4.84 Å². The number of allylic oxidation sites excluding steroid dienone is 1. The van der Waals surface area contributed by atoms with Crippen molar-refractivity contribution in [2.45, 2.75) is 25.5 Å².